The number of nitrogens with one attached hydrogen (secondary N) is 1. The van der Waals surface area contributed by atoms with Crippen molar-refractivity contribution in [3.05, 3.63) is 30.3 Å². The largest absolute Gasteiger partial charge is 0.454 e. The number of hydrogen-bond acceptors (Lipinski definition) is 4. The van der Waals surface area contributed by atoms with Gasteiger partial charge in [-0.3, -0.25) is 9.59 Å². The van der Waals surface area contributed by atoms with E-state index in [0.29, 0.717) is 0 Å². The summed E-state index contributed by atoms with van der Waals surface area (Å²) in [5.74, 6) is -0.692. The fourth-order valence-corrected chi connectivity index (χ4v) is 1.05. The second kappa shape index (κ2) is 6.52. The maximum Gasteiger partial charge on any atom is 0.325 e. The van der Waals surface area contributed by atoms with E-state index in [0.717, 1.165) is 5.69 Å². The predicted molar refractivity (Wildman–Crippen MR) is 64.6 cm³/mol. The number of nitrogens with zero attached hydrogens (tertiary/aromatic N) is 1. The molecule has 17 heavy (non-hydrogen) atoms. The third kappa shape index (κ3) is 5.01. The van der Waals surface area contributed by atoms with Crippen LogP contribution in [0.2, 0.25) is 0 Å². The van der Waals surface area contributed by atoms with Crippen molar-refractivity contribution in [2.24, 2.45) is 0 Å². The van der Waals surface area contributed by atoms with Gasteiger partial charge in [-0.1, -0.05) is 18.2 Å². The molecule has 0 fully saturated rings. The van der Waals surface area contributed by atoms with Crippen molar-refractivity contribution in [2.45, 2.75) is 0 Å². The lowest BCUT2D eigenvalue weighted by molar-refractivity contribution is -0.149. The standard InChI is InChI=1S/C12H16N2O3/c1-14(2)11(15)9-17-12(16)8-13-10-6-4-3-5-7-10/h3-7,13H,8-9H2,1-2H3. The maximum atomic E-state index is 11.3. The highest BCUT2D eigenvalue weighted by Gasteiger charge is 2.08. The Bertz CT molecular complexity index is 377. The van der Waals surface area contributed by atoms with Crippen LogP contribution in [0.15, 0.2) is 30.3 Å². The average molecular weight is 236 g/mol. The van der Waals surface area contributed by atoms with E-state index in [1.54, 1.807) is 14.1 Å². The lowest BCUT2D eigenvalue weighted by Gasteiger charge is -2.11. The molecule has 0 heterocycles. The van der Waals surface area contributed by atoms with Crippen LogP contribution in [0.25, 0.3) is 0 Å². The van der Waals surface area contributed by atoms with Gasteiger partial charge >= 0.3 is 5.97 Å². The summed E-state index contributed by atoms with van der Waals surface area (Å²) in [7, 11) is 3.22. The molecule has 0 spiro atoms. The highest BCUT2D eigenvalue weighted by Crippen LogP contribution is 2.03. The third-order valence-corrected chi connectivity index (χ3v) is 2.07. The lowest BCUT2D eigenvalue weighted by Crippen LogP contribution is -2.29. The van der Waals surface area contributed by atoms with Crippen molar-refractivity contribution in [3.8, 4) is 0 Å². The zero-order chi connectivity index (χ0) is 12.7. The van der Waals surface area contributed by atoms with Gasteiger partial charge in [0.1, 0.15) is 6.54 Å². The summed E-state index contributed by atoms with van der Waals surface area (Å²) in [6.07, 6.45) is 0. The quantitative estimate of drug-likeness (QED) is 0.766. The SMILES string of the molecule is CN(C)C(=O)COC(=O)CNc1ccccc1. The van der Waals surface area contributed by atoms with Gasteiger partial charge in [0.15, 0.2) is 6.61 Å². The first kappa shape index (κ1) is 13.0. The van der Waals surface area contributed by atoms with Gasteiger partial charge in [0.05, 0.1) is 0 Å². The Morgan fingerprint density at radius 2 is 1.88 bits per heavy atom. The number of hydrogen-bond donors (Lipinski definition) is 1. The van der Waals surface area contributed by atoms with Crippen LogP contribution in [-0.2, 0) is 14.3 Å². The number of carbonyl (C=O) groups is 2. The van der Waals surface area contributed by atoms with Crippen molar-refractivity contribution in [3.63, 3.8) is 0 Å². The minimum atomic E-state index is -0.455. The molecule has 92 valence electrons. The van der Waals surface area contributed by atoms with E-state index in [9.17, 15) is 9.59 Å². The molecule has 0 aromatic heterocycles. The molecule has 0 aliphatic heterocycles. The molecule has 1 rings (SSSR count). The molecule has 1 aromatic rings. The molecular formula is C12H16N2O3. The number of esters is 1. The van der Waals surface area contributed by atoms with E-state index in [4.69, 9.17) is 4.74 Å². The number of rotatable bonds is 5. The molecular weight excluding hydrogens is 220 g/mol. The number of para-hydroxylation sites is 1. The first-order valence-electron chi connectivity index (χ1n) is 5.24. The van der Waals surface area contributed by atoms with E-state index in [1.165, 1.54) is 4.90 Å². The maximum absolute atomic E-state index is 11.3. The second-order valence-electron chi connectivity index (χ2n) is 3.67. The van der Waals surface area contributed by atoms with Crippen molar-refractivity contribution < 1.29 is 14.3 Å². The van der Waals surface area contributed by atoms with Crippen LogP contribution in [0.4, 0.5) is 5.69 Å². The normalized spacial score (nSPS) is 9.53. The highest BCUT2D eigenvalue weighted by atomic mass is 16.5. The van der Waals surface area contributed by atoms with Crippen molar-refractivity contribution in [2.75, 3.05) is 32.6 Å². The van der Waals surface area contributed by atoms with Crippen LogP contribution in [0, 0.1) is 0 Å². The zero-order valence-electron chi connectivity index (χ0n) is 9.97. The van der Waals surface area contributed by atoms with Gasteiger partial charge in [0.2, 0.25) is 0 Å². The number of amides is 1. The van der Waals surface area contributed by atoms with E-state index < -0.39 is 5.97 Å². The van der Waals surface area contributed by atoms with Crippen molar-refractivity contribution in [1.29, 1.82) is 0 Å². The van der Waals surface area contributed by atoms with Gasteiger partial charge in [-0.05, 0) is 12.1 Å². The Labute approximate surface area is 100 Å². The average Bonchev–Trinajstić information content (AvgIpc) is 2.34. The van der Waals surface area contributed by atoms with E-state index in [1.807, 2.05) is 30.3 Å². The Morgan fingerprint density at radius 3 is 2.47 bits per heavy atom. The summed E-state index contributed by atoms with van der Waals surface area (Å²) in [6, 6.07) is 9.31. The number of anilines is 1. The molecule has 0 saturated heterocycles. The van der Waals surface area contributed by atoms with Crippen molar-refractivity contribution >= 4 is 17.6 Å². The summed E-state index contributed by atoms with van der Waals surface area (Å²) >= 11 is 0. The minimum absolute atomic E-state index is 0.0464. The fourth-order valence-electron chi connectivity index (χ4n) is 1.05. The monoisotopic (exact) mass is 236 g/mol. The first-order chi connectivity index (χ1) is 8.09. The molecule has 0 aliphatic rings. The number of benzene rings is 1. The molecule has 1 amide bonds. The number of likely N-dealkylation sites (N-methyl/N-ethyl adjacent to an activating group) is 1. The number of ether oxygens (including phenoxy) is 1. The highest BCUT2D eigenvalue weighted by molar-refractivity contribution is 5.81. The molecule has 5 nitrogen and oxygen atoms in total. The molecule has 0 unspecified atom stereocenters. The Hall–Kier alpha value is -2.04. The molecule has 0 bridgehead atoms. The molecule has 0 atom stereocenters. The van der Waals surface area contributed by atoms with Gasteiger partial charge in [-0.25, -0.2) is 0 Å². The molecule has 1 aromatic carbocycles. The molecule has 0 radical (unpaired) electrons. The van der Waals surface area contributed by atoms with Crippen LogP contribution in [0.5, 0.6) is 0 Å². The molecule has 0 aliphatic carbocycles. The summed E-state index contributed by atoms with van der Waals surface area (Å²) in [5, 5.41) is 2.90. The van der Waals surface area contributed by atoms with Gasteiger partial charge < -0.3 is 15.0 Å². The zero-order valence-corrected chi connectivity index (χ0v) is 9.97. The summed E-state index contributed by atoms with van der Waals surface area (Å²) in [5.41, 5.74) is 0.836. The molecule has 0 saturated carbocycles. The molecule has 1 N–H and O–H groups in total. The predicted octanol–water partition coefficient (Wildman–Crippen LogP) is 0.730. The topological polar surface area (TPSA) is 58.6 Å². The Morgan fingerprint density at radius 1 is 1.24 bits per heavy atom. The Balaban J connectivity index is 2.24. The van der Waals surface area contributed by atoms with Gasteiger partial charge in [0, 0.05) is 19.8 Å². The van der Waals surface area contributed by atoms with E-state index in [2.05, 4.69) is 5.32 Å². The van der Waals surface area contributed by atoms with Crippen LogP contribution < -0.4 is 5.32 Å². The van der Waals surface area contributed by atoms with Gasteiger partial charge in [0.25, 0.3) is 5.91 Å². The van der Waals surface area contributed by atoms with Crippen LogP contribution in [0.3, 0.4) is 0 Å². The second-order valence-corrected chi connectivity index (χ2v) is 3.67. The Kier molecular flexibility index (Phi) is 5.00. The summed E-state index contributed by atoms with van der Waals surface area (Å²) in [4.78, 5) is 23.8. The van der Waals surface area contributed by atoms with Gasteiger partial charge in [-0.2, -0.15) is 0 Å². The van der Waals surface area contributed by atoms with Crippen LogP contribution in [0.1, 0.15) is 0 Å². The van der Waals surface area contributed by atoms with Crippen LogP contribution >= 0.6 is 0 Å². The smallest absolute Gasteiger partial charge is 0.325 e. The number of carbonyl (C=O) groups excluding carboxylic acids is 2. The first-order valence-corrected chi connectivity index (χ1v) is 5.24. The van der Waals surface area contributed by atoms with E-state index >= 15 is 0 Å². The summed E-state index contributed by atoms with van der Waals surface area (Å²) < 4.78 is 4.79. The minimum Gasteiger partial charge on any atom is -0.454 e. The van der Waals surface area contributed by atoms with E-state index in [-0.39, 0.29) is 19.1 Å². The van der Waals surface area contributed by atoms with Crippen molar-refractivity contribution in [1.82, 2.24) is 4.90 Å². The molecule has 5 heteroatoms. The van der Waals surface area contributed by atoms with Crippen LogP contribution in [-0.4, -0.2) is 44.0 Å². The van der Waals surface area contributed by atoms with Gasteiger partial charge in [-0.15, -0.1) is 0 Å². The third-order valence-electron chi connectivity index (χ3n) is 2.07. The lowest BCUT2D eigenvalue weighted by atomic mass is 10.3. The summed E-state index contributed by atoms with van der Waals surface area (Å²) in [6.45, 7) is -0.174. The fraction of sp³-hybridized carbons (Fsp3) is 0.333.